The van der Waals surface area contributed by atoms with Crippen LogP contribution in [0.2, 0.25) is 0 Å². The minimum absolute atomic E-state index is 0.00906. The van der Waals surface area contributed by atoms with Crippen molar-refractivity contribution in [3.8, 4) is 0 Å². The van der Waals surface area contributed by atoms with Crippen LogP contribution >= 0.6 is 0 Å². The number of anilines is 1. The number of hydrogen-bond donors (Lipinski definition) is 1. The van der Waals surface area contributed by atoms with Crippen LogP contribution in [0.4, 0.5) is 5.69 Å². The minimum Gasteiger partial charge on any atom is -0.321 e. The van der Waals surface area contributed by atoms with Gasteiger partial charge in [-0.05, 0) is 44.0 Å². The summed E-state index contributed by atoms with van der Waals surface area (Å²) in [4.78, 5) is 20.0. The first-order chi connectivity index (χ1) is 12.0. The van der Waals surface area contributed by atoms with Crippen LogP contribution in [0, 0.1) is 0 Å². The molecular weight excluding hydrogens is 340 g/mol. The summed E-state index contributed by atoms with van der Waals surface area (Å²) in [5, 5.41) is 2.68. The smallest absolute Gasteiger partial charge is 0.275 e. The molecule has 2 aromatic rings. The van der Waals surface area contributed by atoms with E-state index in [1.54, 1.807) is 16.4 Å². The molecule has 1 aromatic carbocycles. The molecule has 1 aromatic heterocycles. The van der Waals surface area contributed by atoms with Gasteiger partial charge in [0.05, 0.1) is 11.1 Å². The van der Waals surface area contributed by atoms with E-state index in [1.807, 2.05) is 6.92 Å². The molecule has 1 atom stereocenters. The second kappa shape index (κ2) is 7.28. The molecule has 1 aliphatic heterocycles. The summed E-state index contributed by atoms with van der Waals surface area (Å²) in [5.74, 6) is -0.395. The first kappa shape index (κ1) is 17.5. The lowest BCUT2D eigenvalue weighted by atomic mass is 10.1. The molecule has 132 valence electrons. The third-order valence-corrected chi connectivity index (χ3v) is 6.28. The SMILES string of the molecule is CC1CCCCN1S(=O)(=O)c1ccc(NC(=O)c2cnccn2)cc1. The fraction of sp³-hybridized carbons (Fsp3) is 0.353. The van der Waals surface area contributed by atoms with Gasteiger partial charge in [-0.3, -0.25) is 9.78 Å². The van der Waals surface area contributed by atoms with Gasteiger partial charge in [0.1, 0.15) is 5.69 Å². The van der Waals surface area contributed by atoms with Crippen molar-refractivity contribution in [3.05, 3.63) is 48.5 Å². The van der Waals surface area contributed by atoms with Crippen LogP contribution in [-0.4, -0.2) is 41.2 Å². The first-order valence-corrected chi connectivity index (χ1v) is 9.62. The molecule has 1 aliphatic rings. The summed E-state index contributed by atoms with van der Waals surface area (Å²) >= 11 is 0. The zero-order valence-electron chi connectivity index (χ0n) is 13.9. The summed E-state index contributed by atoms with van der Waals surface area (Å²) in [6.45, 7) is 2.49. The fourth-order valence-electron chi connectivity index (χ4n) is 2.89. The number of carbonyl (C=O) groups excluding carboxylic acids is 1. The van der Waals surface area contributed by atoms with Crippen molar-refractivity contribution < 1.29 is 13.2 Å². The van der Waals surface area contributed by atoms with Gasteiger partial charge in [0.25, 0.3) is 5.91 Å². The highest BCUT2D eigenvalue weighted by Gasteiger charge is 2.30. The number of rotatable bonds is 4. The van der Waals surface area contributed by atoms with E-state index in [-0.39, 0.29) is 16.6 Å². The van der Waals surface area contributed by atoms with E-state index in [9.17, 15) is 13.2 Å². The zero-order chi connectivity index (χ0) is 17.9. The van der Waals surface area contributed by atoms with E-state index in [2.05, 4.69) is 15.3 Å². The highest BCUT2D eigenvalue weighted by atomic mass is 32.2. The lowest BCUT2D eigenvalue weighted by molar-refractivity contribution is 0.102. The number of nitrogens with one attached hydrogen (secondary N) is 1. The molecule has 25 heavy (non-hydrogen) atoms. The van der Waals surface area contributed by atoms with Gasteiger partial charge in [-0.2, -0.15) is 4.31 Å². The van der Waals surface area contributed by atoms with Crippen LogP contribution in [0.1, 0.15) is 36.7 Å². The molecule has 0 bridgehead atoms. The summed E-state index contributed by atoms with van der Waals surface area (Å²) in [7, 11) is -3.51. The van der Waals surface area contributed by atoms with Crippen LogP contribution in [0.5, 0.6) is 0 Å². The van der Waals surface area contributed by atoms with Gasteiger partial charge in [0.2, 0.25) is 10.0 Å². The van der Waals surface area contributed by atoms with Crippen molar-refractivity contribution in [3.63, 3.8) is 0 Å². The molecule has 1 fully saturated rings. The number of aromatic nitrogens is 2. The molecule has 0 radical (unpaired) electrons. The molecule has 1 amide bonds. The van der Waals surface area contributed by atoms with Crippen molar-refractivity contribution in [2.24, 2.45) is 0 Å². The molecule has 3 rings (SSSR count). The van der Waals surface area contributed by atoms with Crippen molar-refractivity contribution in [1.29, 1.82) is 0 Å². The predicted octanol–water partition coefficient (Wildman–Crippen LogP) is 2.29. The van der Waals surface area contributed by atoms with Crippen molar-refractivity contribution in [1.82, 2.24) is 14.3 Å². The van der Waals surface area contributed by atoms with Gasteiger partial charge in [-0.1, -0.05) is 6.42 Å². The number of nitrogens with zero attached hydrogens (tertiary/aromatic N) is 3. The number of carbonyl (C=O) groups is 1. The molecule has 0 spiro atoms. The van der Waals surface area contributed by atoms with Crippen LogP contribution in [0.15, 0.2) is 47.8 Å². The Labute approximate surface area is 147 Å². The zero-order valence-corrected chi connectivity index (χ0v) is 14.7. The topological polar surface area (TPSA) is 92.3 Å². The van der Waals surface area contributed by atoms with Crippen LogP contribution in [0.3, 0.4) is 0 Å². The standard InChI is InChI=1S/C17H20N4O3S/c1-13-4-2-3-11-21(13)25(23,24)15-7-5-14(6-8-15)20-17(22)16-12-18-9-10-19-16/h5-10,12-13H,2-4,11H2,1H3,(H,20,22). The maximum Gasteiger partial charge on any atom is 0.275 e. The van der Waals surface area contributed by atoms with E-state index < -0.39 is 15.9 Å². The molecule has 7 nitrogen and oxygen atoms in total. The second-order valence-electron chi connectivity index (χ2n) is 6.03. The molecule has 1 unspecified atom stereocenters. The number of piperidine rings is 1. The lowest BCUT2D eigenvalue weighted by Crippen LogP contribution is -2.41. The Morgan fingerprint density at radius 1 is 1.20 bits per heavy atom. The minimum atomic E-state index is -3.51. The maximum atomic E-state index is 12.8. The summed E-state index contributed by atoms with van der Waals surface area (Å²) < 4.78 is 27.1. The van der Waals surface area contributed by atoms with Gasteiger partial charge in [0.15, 0.2) is 0 Å². The second-order valence-corrected chi connectivity index (χ2v) is 7.92. The van der Waals surface area contributed by atoms with Crippen molar-refractivity contribution in [2.45, 2.75) is 37.1 Å². The molecule has 1 N–H and O–H groups in total. The predicted molar refractivity (Wildman–Crippen MR) is 93.6 cm³/mol. The quantitative estimate of drug-likeness (QED) is 0.903. The molecule has 2 heterocycles. The van der Waals surface area contributed by atoms with Crippen LogP contribution in [0.25, 0.3) is 0 Å². The third kappa shape index (κ3) is 3.85. The third-order valence-electron chi connectivity index (χ3n) is 4.26. The number of sulfonamides is 1. The van der Waals surface area contributed by atoms with Crippen molar-refractivity contribution >= 4 is 21.6 Å². The van der Waals surface area contributed by atoms with Gasteiger partial charge in [0, 0.05) is 30.7 Å². The average molecular weight is 360 g/mol. The molecule has 1 saturated heterocycles. The number of amides is 1. The monoisotopic (exact) mass is 360 g/mol. The Balaban J connectivity index is 1.74. The normalized spacial score (nSPS) is 18.7. The molecule has 0 aliphatic carbocycles. The summed E-state index contributed by atoms with van der Waals surface area (Å²) in [5.41, 5.74) is 0.697. The first-order valence-electron chi connectivity index (χ1n) is 8.18. The van der Waals surface area contributed by atoms with Gasteiger partial charge < -0.3 is 5.32 Å². The maximum absolute atomic E-state index is 12.8. The van der Waals surface area contributed by atoms with Gasteiger partial charge >= 0.3 is 0 Å². The van der Waals surface area contributed by atoms with Gasteiger partial charge in [-0.25, -0.2) is 13.4 Å². The lowest BCUT2D eigenvalue weighted by Gasteiger charge is -2.32. The highest BCUT2D eigenvalue weighted by molar-refractivity contribution is 7.89. The van der Waals surface area contributed by atoms with E-state index in [0.717, 1.165) is 19.3 Å². The summed E-state index contributed by atoms with van der Waals surface area (Å²) in [6.07, 6.45) is 7.11. The fourth-order valence-corrected chi connectivity index (χ4v) is 4.59. The van der Waals surface area contributed by atoms with E-state index in [1.165, 1.54) is 30.7 Å². The number of benzene rings is 1. The molecular formula is C17H20N4O3S. The van der Waals surface area contributed by atoms with Crippen molar-refractivity contribution in [2.75, 3.05) is 11.9 Å². The Morgan fingerprint density at radius 2 is 1.96 bits per heavy atom. The average Bonchev–Trinajstić information content (AvgIpc) is 2.63. The van der Waals surface area contributed by atoms with E-state index in [0.29, 0.717) is 12.2 Å². The van der Waals surface area contributed by atoms with Crippen LogP contribution in [-0.2, 0) is 10.0 Å². The van der Waals surface area contributed by atoms with E-state index >= 15 is 0 Å². The summed E-state index contributed by atoms with van der Waals surface area (Å²) in [6, 6.07) is 6.20. The van der Waals surface area contributed by atoms with E-state index in [4.69, 9.17) is 0 Å². The Hall–Kier alpha value is -2.32. The largest absolute Gasteiger partial charge is 0.321 e. The Bertz CT molecular complexity index is 838. The number of hydrogen-bond acceptors (Lipinski definition) is 5. The Morgan fingerprint density at radius 3 is 2.60 bits per heavy atom. The van der Waals surface area contributed by atoms with Crippen LogP contribution < -0.4 is 5.32 Å². The molecule has 0 saturated carbocycles. The molecule has 8 heteroatoms. The van der Waals surface area contributed by atoms with Gasteiger partial charge in [-0.15, -0.1) is 0 Å². The Kier molecular flexibility index (Phi) is 5.10. The highest BCUT2D eigenvalue weighted by Crippen LogP contribution is 2.25.